The van der Waals surface area contributed by atoms with Gasteiger partial charge in [-0.2, -0.15) is 0 Å². The number of hydrogen-bond acceptors (Lipinski definition) is 5. The standard InChI is InChI=1S/C17H28N4O2S/c1-13-17(14(2)20-19-13)24(22,23)21-10-8-16(9-11-21)18-12-15-6-4-3-5-7-15/h3-7,13-14,16-20H,8-12H2,1-2H3. The van der Waals surface area contributed by atoms with Crippen molar-refractivity contribution in [3.63, 3.8) is 0 Å². The first kappa shape index (κ1) is 17.8. The molecule has 7 heteroatoms. The fraction of sp³-hybridized carbons (Fsp3) is 0.647. The van der Waals surface area contributed by atoms with Gasteiger partial charge in [-0.3, -0.25) is 10.9 Å². The number of sulfonamides is 1. The highest BCUT2D eigenvalue weighted by Gasteiger charge is 2.44. The maximum absolute atomic E-state index is 12.9. The summed E-state index contributed by atoms with van der Waals surface area (Å²) in [7, 11) is -3.27. The molecule has 2 aliphatic heterocycles. The van der Waals surface area contributed by atoms with E-state index in [1.54, 1.807) is 4.31 Å². The Morgan fingerprint density at radius 1 is 1.08 bits per heavy atom. The number of rotatable bonds is 5. The molecule has 0 aromatic heterocycles. The van der Waals surface area contributed by atoms with Crippen molar-refractivity contribution in [1.82, 2.24) is 20.5 Å². The largest absolute Gasteiger partial charge is 0.310 e. The quantitative estimate of drug-likeness (QED) is 0.732. The molecule has 1 aromatic carbocycles. The number of hydrogen-bond donors (Lipinski definition) is 3. The molecule has 2 unspecified atom stereocenters. The van der Waals surface area contributed by atoms with E-state index in [0.717, 1.165) is 19.4 Å². The molecule has 2 atom stereocenters. The van der Waals surface area contributed by atoms with E-state index in [-0.39, 0.29) is 12.1 Å². The second kappa shape index (κ2) is 7.49. The van der Waals surface area contributed by atoms with Crippen molar-refractivity contribution in [3.05, 3.63) is 35.9 Å². The first-order valence-corrected chi connectivity index (χ1v) is 10.3. The molecule has 0 radical (unpaired) electrons. The van der Waals surface area contributed by atoms with Crippen LogP contribution in [0.4, 0.5) is 0 Å². The Morgan fingerprint density at radius 2 is 1.67 bits per heavy atom. The highest BCUT2D eigenvalue weighted by atomic mass is 32.2. The Morgan fingerprint density at radius 3 is 2.25 bits per heavy atom. The lowest BCUT2D eigenvalue weighted by atomic mass is 10.1. The lowest BCUT2D eigenvalue weighted by Crippen LogP contribution is -2.51. The van der Waals surface area contributed by atoms with Crippen molar-refractivity contribution in [1.29, 1.82) is 0 Å². The van der Waals surface area contributed by atoms with Crippen LogP contribution >= 0.6 is 0 Å². The van der Waals surface area contributed by atoms with Crippen LogP contribution in [-0.4, -0.2) is 49.2 Å². The summed E-state index contributed by atoms with van der Waals surface area (Å²) in [4.78, 5) is 0. The first-order valence-electron chi connectivity index (χ1n) is 8.76. The lowest BCUT2D eigenvalue weighted by molar-refractivity contribution is 0.285. The van der Waals surface area contributed by atoms with Crippen LogP contribution in [-0.2, 0) is 16.6 Å². The molecule has 0 aliphatic carbocycles. The van der Waals surface area contributed by atoms with E-state index in [0.29, 0.717) is 19.1 Å². The van der Waals surface area contributed by atoms with Crippen molar-refractivity contribution < 1.29 is 8.42 Å². The second-order valence-corrected chi connectivity index (χ2v) is 9.01. The summed E-state index contributed by atoms with van der Waals surface area (Å²) >= 11 is 0. The fourth-order valence-corrected chi connectivity index (χ4v) is 5.95. The van der Waals surface area contributed by atoms with Gasteiger partial charge in [0.15, 0.2) is 0 Å². The van der Waals surface area contributed by atoms with Crippen molar-refractivity contribution in [2.24, 2.45) is 0 Å². The predicted molar refractivity (Wildman–Crippen MR) is 95.8 cm³/mol. The van der Waals surface area contributed by atoms with Crippen LogP contribution in [0.25, 0.3) is 0 Å². The monoisotopic (exact) mass is 352 g/mol. The van der Waals surface area contributed by atoms with Crippen LogP contribution in [0.15, 0.2) is 30.3 Å². The smallest absolute Gasteiger partial charge is 0.220 e. The number of piperidine rings is 1. The van der Waals surface area contributed by atoms with Crippen LogP contribution in [0, 0.1) is 0 Å². The molecule has 3 N–H and O–H groups in total. The maximum atomic E-state index is 12.9. The van der Waals surface area contributed by atoms with Crippen molar-refractivity contribution >= 4 is 10.0 Å². The van der Waals surface area contributed by atoms with Crippen LogP contribution in [0.3, 0.4) is 0 Å². The molecule has 3 rings (SSSR count). The normalized spacial score (nSPS) is 29.8. The summed E-state index contributed by atoms with van der Waals surface area (Å²) < 4.78 is 27.5. The molecule has 0 bridgehead atoms. The molecule has 2 fully saturated rings. The zero-order valence-corrected chi connectivity index (χ0v) is 15.2. The number of benzene rings is 1. The van der Waals surface area contributed by atoms with Crippen molar-refractivity contribution in [2.45, 2.75) is 56.6 Å². The summed E-state index contributed by atoms with van der Waals surface area (Å²) in [5.41, 5.74) is 7.35. The molecular formula is C17H28N4O2S. The Labute approximate surface area is 145 Å². The highest BCUT2D eigenvalue weighted by Crippen LogP contribution is 2.23. The molecule has 134 valence electrons. The Balaban J connectivity index is 1.53. The summed E-state index contributed by atoms with van der Waals surface area (Å²) in [5.74, 6) is 0. The van der Waals surface area contributed by atoms with Crippen LogP contribution < -0.4 is 16.2 Å². The molecule has 6 nitrogen and oxygen atoms in total. The molecular weight excluding hydrogens is 324 g/mol. The topological polar surface area (TPSA) is 73.5 Å². The number of nitrogens with zero attached hydrogens (tertiary/aromatic N) is 1. The third kappa shape index (κ3) is 3.81. The average molecular weight is 353 g/mol. The van der Waals surface area contributed by atoms with Gasteiger partial charge < -0.3 is 5.32 Å². The minimum atomic E-state index is -3.27. The molecule has 24 heavy (non-hydrogen) atoms. The van der Waals surface area contributed by atoms with Gasteiger partial charge in [-0.25, -0.2) is 12.7 Å². The second-order valence-electron chi connectivity index (χ2n) is 6.92. The SMILES string of the molecule is CC1NNC(C)C1S(=O)(=O)N1CCC(NCc2ccccc2)CC1. The Kier molecular flexibility index (Phi) is 5.56. The van der Waals surface area contributed by atoms with Crippen LogP contribution in [0.1, 0.15) is 32.3 Å². The van der Waals surface area contributed by atoms with Crippen molar-refractivity contribution in [3.8, 4) is 0 Å². The predicted octanol–water partition coefficient (Wildman–Crippen LogP) is 0.824. The highest BCUT2D eigenvalue weighted by molar-refractivity contribution is 7.89. The van der Waals surface area contributed by atoms with Gasteiger partial charge in [0.1, 0.15) is 5.25 Å². The van der Waals surface area contributed by atoms with E-state index < -0.39 is 15.3 Å². The van der Waals surface area contributed by atoms with Gasteiger partial charge in [0.25, 0.3) is 0 Å². The zero-order chi connectivity index (χ0) is 17.2. The molecule has 2 saturated heterocycles. The van der Waals surface area contributed by atoms with E-state index >= 15 is 0 Å². The van der Waals surface area contributed by atoms with E-state index in [2.05, 4.69) is 28.3 Å². The van der Waals surface area contributed by atoms with Gasteiger partial charge in [0, 0.05) is 37.8 Å². The Hall–Kier alpha value is -0.990. The van der Waals surface area contributed by atoms with Crippen LogP contribution in [0.5, 0.6) is 0 Å². The maximum Gasteiger partial charge on any atom is 0.220 e. The lowest BCUT2D eigenvalue weighted by Gasteiger charge is -2.34. The van der Waals surface area contributed by atoms with E-state index in [1.807, 2.05) is 32.0 Å². The number of nitrogens with one attached hydrogen (secondary N) is 3. The van der Waals surface area contributed by atoms with E-state index in [1.165, 1.54) is 5.56 Å². The average Bonchev–Trinajstić information content (AvgIpc) is 2.93. The molecule has 1 aromatic rings. The minimum absolute atomic E-state index is 0.0704. The van der Waals surface area contributed by atoms with Crippen molar-refractivity contribution in [2.75, 3.05) is 13.1 Å². The van der Waals surface area contributed by atoms with Gasteiger partial charge in [0.2, 0.25) is 10.0 Å². The summed E-state index contributed by atoms with van der Waals surface area (Å²) in [6, 6.07) is 10.5. The van der Waals surface area contributed by atoms with Gasteiger partial charge >= 0.3 is 0 Å². The third-order valence-corrected chi connectivity index (χ3v) is 7.71. The van der Waals surface area contributed by atoms with E-state index in [4.69, 9.17) is 0 Å². The summed E-state index contributed by atoms with van der Waals surface area (Å²) in [5, 5.41) is 3.15. The number of hydrazine groups is 1. The molecule has 0 spiro atoms. The summed E-state index contributed by atoms with van der Waals surface area (Å²) in [6.45, 7) is 5.89. The molecule has 2 aliphatic rings. The van der Waals surface area contributed by atoms with Gasteiger partial charge in [-0.1, -0.05) is 30.3 Å². The zero-order valence-electron chi connectivity index (χ0n) is 14.4. The van der Waals surface area contributed by atoms with Gasteiger partial charge in [-0.05, 0) is 32.3 Å². The first-order chi connectivity index (χ1) is 11.5. The van der Waals surface area contributed by atoms with Crippen LogP contribution in [0.2, 0.25) is 0 Å². The fourth-order valence-electron chi connectivity index (χ4n) is 3.72. The summed E-state index contributed by atoms with van der Waals surface area (Å²) in [6.07, 6.45) is 1.73. The van der Waals surface area contributed by atoms with Gasteiger partial charge in [0.05, 0.1) is 0 Å². The van der Waals surface area contributed by atoms with Gasteiger partial charge in [-0.15, -0.1) is 0 Å². The third-order valence-electron chi connectivity index (χ3n) is 5.12. The van der Waals surface area contributed by atoms with E-state index in [9.17, 15) is 8.42 Å². The molecule has 0 amide bonds. The molecule has 2 heterocycles. The Bertz CT molecular complexity index is 619. The molecule has 0 saturated carbocycles. The minimum Gasteiger partial charge on any atom is -0.310 e.